The number of esters is 1. The Morgan fingerprint density at radius 2 is 0.712 bits per heavy atom. The van der Waals surface area contributed by atoms with E-state index in [0.717, 1.165) is 46.7 Å². The number of para-hydroxylation sites is 5. The Kier molecular flexibility index (Phi) is 27.3. The summed E-state index contributed by atoms with van der Waals surface area (Å²) >= 11 is 24.4. The normalized spacial score (nSPS) is 11.9. The highest BCUT2D eigenvalue weighted by Gasteiger charge is 2.23. The van der Waals surface area contributed by atoms with Gasteiger partial charge in [-0.15, -0.1) is 0 Å². The molecule has 0 radical (unpaired) electrons. The van der Waals surface area contributed by atoms with Crippen LogP contribution in [0.1, 0.15) is 27.2 Å². The Morgan fingerprint density at radius 1 is 0.423 bits per heavy atom. The summed E-state index contributed by atoms with van der Waals surface area (Å²) in [5.41, 5.74) is 14.8. The van der Waals surface area contributed by atoms with Gasteiger partial charge in [-0.05, 0) is 80.9 Å². The lowest BCUT2D eigenvalue weighted by Gasteiger charge is -2.09. The number of halogens is 3. The molecule has 10 heterocycles. The van der Waals surface area contributed by atoms with Crippen molar-refractivity contribution in [1.82, 2.24) is 98.7 Å². The van der Waals surface area contributed by atoms with Crippen molar-refractivity contribution in [2.45, 2.75) is 68.7 Å². The highest BCUT2D eigenvalue weighted by atomic mass is 35.5. The van der Waals surface area contributed by atoms with Crippen LogP contribution in [0.4, 0.5) is 0 Å². The van der Waals surface area contributed by atoms with Gasteiger partial charge in [0.1, 0.15) is 32.2 Å². The van der Waals surface area contributed by atoms with Gasteiger partial charge in [-0.2, -0.15) is 25.5 Å². The van der Waals surface area contributed by atoms with Crippen LogP contribution in [0.25, 0.3) is 83.6 Å². The molecule has 0 aliphatic heterocycles. The number of fused-ring (bicyclic) bond motifs is 5. The number of H-pyrrole nitrogens is 5. The lowest BCUT2D eigenvalue weighted by Crippen LogP contribution is -2.25. The first-order valence-corrected chi connectivity index (χ1v) is 38.7. The lowest BCUT2D eigenvalue weighted by atomic mass is 10.3. The second-order valence-electron chi connectivity index (χ2n) is 22.9. The van der Waals surface area contributed by atoms with Crippen LogP contribution in [0.3, 0.4) is 0 Å². The second-order valence-corrected chi connectivity index (χ2v) is 30.1. The third-order valence-electron chi connectivity index (χ3n) is 15.4. The number of rotatable bonds is 21. The monoisotopic (exact) mass is 1650 g/mol. The van der Waals surface area contributed by atoms with Crippen molar-refractivity contribution in [3.63, 3.8) is 0 Å². The van der Waals surface area contributed by atoms with E-state index in [1.165, 1.54) is 75.7 Å². The van der Waals surface area contributed by atoms with Gasteiger partial charge in [0, 0.05) is 11.5 Å². The van der Waals surface area contributed by atoms with E-state index in [1.54, 1.807) is 71.7 Å². The number of hydrogen-bond acceptors (Lipinski definition) is 26. The van der Waals surface area contributed by atoms with Crippen molar-refractivity contribution < 1.29 is 29.3 Å². The third kappa shape index (κ3) is 19.3. The number of aliphatic hydroxyl groups excluding tert-OH is 2. The number of carbonyl (C=O) groups excluding carboxylic acids is 3. The van der Waals surface area contributed by atoms with Gasteiger partial charge in [0.25, 0.3) is 27.8 Å². The zero-order chi connectivity index (χ0) is 79.0. The largest absolute Gasteiger partial charge is 0.468 e. The molecule has 0 spiro atoms. The number of nitrogens with one attached hydrogen (secondary N) is 5. The molecule has 15 rings (SSSR count). The highest BCUT2D eigenvalue weighted by molar-refractivity contribution is 8.01. The highest BCUT2D eigenvalue weighted by Crippen LogP contribution is 2.30. The predicted molar refractivity (Wildman–Crippen MR) is 429 cm³/mol. The molecule has 0 aliphatic rings. The first-order valence-electron chi connectivity index (χ1n) is 33.0. The molecular weight excluding hydrogens is 1590 g/mol. The van der Waals surface area contributed by atoms with Crippen molar-refractivity contribution in [3.05, 3.63) is 231 Å². The van der Waals surface area contributed by atoms with Crippen LogP contribution in [0, 0.1) is 0 Å². The number of aromatic amines is 5. The van der Waals surface area contributed by atoms with E-state index in [0.29, 0.717) is 131 Å². The molecule has 0 saturated heterocycles. The van der Waals surface area contributed by atoms with E-state index >= 15 is 0 Å². The number of ether oxygens (including phenoxy) is 1. The summed E-state index contributed by atoms with van der Waals surface area (Å²) in [6.45, 7) is 5.21. The van der Waals surface area contributed by atoms with Crippen molar-refractivity contribution in [2.24, 2.45) is 11.5 Å². The zero-order valence-corrected chi connectivity index (χ0v) is 64.8. The molecule has 15 aromatic rings. The topological polar surface area (TPSA) is 471 Å². The molecule has 570 valence electrons. The summed E-state index contributed by atoms with van der Waals surface area (Å²) in [7, 11) is 1.31. The third-order valence-corrected chi connectivity index (χ3v) is 21.3. The molecule has 0 saturated carbocycles. The van der Waals surface area contributed by atoms with Crippen LogP contribution in [-0.4, -0.2) is 174 Å². The van der Waals surface area contributed by atoms with Crippen molar-refractivity contribution >= 4 is 167 Å². The molecule has 0 fully saturated rings. The Morgan fingerprint density at radius 3 is 1.02 bits per heavy atom. The fourth-order valence-corrected chi connectivity index (χ4v) is 14.3. The van der Waals surface area contributed by atoms with Gasteiger partial charge in [0.2, 0.25) is 11.8 Å². The summed E-state index contributed by atoms with van der Waals surface area (Å²) in [6, 6.07) is 40.4. The molecule has 33 nitrogen and oxygen atoms in total. The molecule has 2 amide bonds. The fourth-order valence-electron chi connectivity index (χ4n) is 10.1. The summed E-state index contributed by atoms with van der Waals surface area (Å²) in [4.78, 5) is 130. The second kappa shape index (κ2) is 37.5. The van der Waals surface area contributed by atoms with Gasteiger partial charge in [-0.1, -0.05) is 173 Å². The quantitative estimate of drug-likeness (QED) is 0.0184. The molecule has 0 aliphatic carbocycles. The van der Waals surface area contributed by atoms with Crippen LogP contribution in [0.5, 0.6) is 0 Å². The average molecular weight is 1660 g/mol. The van der Waals surface area contributed by atoms with Crippen molar-refractivity contribution in [1.29, 1.82) is 0 Å². The van der Waals surface area contributed by atoms with Crippen molar-refractivity contribution in [2.75, 3.05) is 31.8 Å². The van der Waals surface area contributed by atoms with Crippen LogP contribution in [-0.2, 0) is 19.1 Å². The van der Waals surface area contributed by atoms with Crippen LogP contribution >= 0.6 is 93.6 Å². The standard InChI is InChI=1S/C15H13ClN4O3S.C15H15N5O2S.C14H12ClN5O2S.C13H11ClN4O2S.C13H12N4O2S/c1-8(14(22)23-2)24-15-18-12-9(13(21)19-15)7-17-20(12)11-6-4-3-5-10(11)16;1-2-11(12(16)21)23-15-18-13-10(14(22)19-15)8-17-20(13)9-6-4-3-5-7-9;1-7(11(16)21)23-14-18-12-8(13(22)19-14)6-17-20(12)10-5-3-2-4-9(10)15;14-9-3-1-2-4-10(9)18-11-8(7-15-18)12(20)17-13(16-11)21-6-5-19;18-6-7-20-13-15-11-10(12(19)16-13)8-14-17(11)9-4-2-1-3-5-9/h3-8H,1-2H3,(H,18,19,21);3-8,11H,2H2,1H3,(H2,16,21)(H,18,19,22);2-7H,1H3,(H2,16,21)(H,18,19,22);1-4,7,19H,5-6H2,(H,16,17,20);1-5,8,18H,6-7H2,(H,15,16,19). The maximum Gasteiger partial charge on any atom is 0.318 e. The number of thioether (sulfide) groups is 5. The van der Waals surface area contributed by atoms with Gasteiger partial charge in [0.05, 0.1) is 105 Å². The van der Waals surface area contributed by atoms with Gasteiger partial charge < -0.3 is 51.3 Å². The number of amides is 2. The number of benzene rings is 5. The fraction of sp³-hybridized carbons (Fsp3) is 0.171. The molecule has 10 aromatic heterocycles. The van der Waals surface area contributed by atoms with Crippen LogP contribution < -0.4 is 39.3 Å². The smallest absolute Gasteiger partial charge is 0.318 e. The molecule has 41 heteroatoms. The molecular formula is C70H63Cl3N22O11S5. The van der Waals surface area contributed by atoms with E-state index in [9.17, 15) is 38.4 Å². The van der Waals surface area contributed by atoms with Crippen LogP contribution in [0.2, 0.25) is 15.1 Å². The minimum absolute atomic E-state index is 0.0101. The number of carbonyl (C=O) groups is 3. The number of aromatic nitrogens is 20. The number of primary amides is 2. The van der Waals surface area contributed by atoms with E-state index in [1.807, 2.05) is 91.9 Å². The van der Waals surface area contributed by atoms with E-state index in [4.69, 9.17) is 56.5 Å². The van der Waals surface area contributed by atoms with Gasteiger partial charge in [-0.3, -0.25) is 38.4 Å². The summed E-state index contributed by atoms with van der Waals surface area (Å²) < 4.78 is 12.4. The summed E-state index contributed by atoms with van der Waals surface area (Å²) in [5.74, 6) is -0.390. The molecule has 111 heavy (non-hydrogen) atoms. The molecule has 3 unspecified atom stereocenters. The zero-order valence-electron chi connectivity index (χ0n) is 58.5. The first-order chi connectivity index (χ1) is 53.6. The number of hydrogen-bond donors (Lipinski definition) is 9. The molecule has 0 bridgehead atoms. The number of methoxy groups -OCH3 is 1. The van der Waals surface area contributed by atoms with Gasteiger partial charge >= 0.3 is 5.97 Å². The number of nitrogens with zero attached hydrogens (tertiary/aromatic N) is 15. The summed E-state index contributed by atoms with van der Waals surface area (Å²) in [5, 5.41) is 42.6. The van der Waals surface area contributed by atoms with Crippen LogP contribution in [0.15, 0.2) is 214 Å². The predicted octanol–water partition coefficient (Wildman–Crippen LogP) is 8.65. The molecule has 3 atom stereocenters. The van der Waals surface area contributed by atoms with E-state index in [2.05, 4.69) is 80.1 Å². The maximum absolute atomic E-state index is 12.2. The Labute approximate surface area is 661 Å². The Balaban J connectivity index is 0.000000138. The van der Waals surface area contributed by atoms with E-state index in [-0.39, 0.29) is 41.0 Å². The Hall–Kier alpha value is -11.2. The minimum Gasteiger partial charge on any atom is -0.468 e. The minimum atomic E-state index is -0.521. The van der Waals surface area contributed by atoms with Gasteiger partial charge in [0.15, 0.2) is 54.0 Å². The average Bonchev–Trinajstić information content (AvgIpc) is 1.65. The van der Waals surface area contributed by atoms with Gasteiger partial charge in [-0.25, -0.2) is 48.3 Å². The van der Waals surface area contributed by atoms with Crippen molar-refractivity contribution in [3.8, 4) is 28.4 Å². The maximum atomic E-state index is 12.2. The number of nitrogens with two attached hydrogens (primary N) is 2. The Bertz CT molecular complexity index is 6170. The molecule has 5 aromatic carbocycles. The SMILES string of the molecule is CC(Sc1nc2c(cnn2-c2ccccc2Cl)c(=O)[nH]1)C(N)=O.CCC(Sc1nc2c(cnn2-c2ccccc2)c(=O)[nH]1)C(N)=O.COC(=O)C(C)Sc1nc2c(cnn2-c2ccccc2Cl)c(=O)[nH]1.O=c1[nH]c(SCCO)nc2c1cnn2-c1ccccc1.O=c1[nH]c(SCCO)nc2c1cnn2-c1ccccc1Cl. The first kappa shape index (κ1) is 80.8. The molecule has 11 N–H and O–H groups in total. The van der Waals surface area contributed by atoms with E-state index < -0.39 is 33.5 Å². The lowest BCUT2D eigenvalue weighted by molar-refractivity contribution is -0.139. The number of aliphatic hydroxyl groups is 2. The summed E-state index contributed by atoms with van der Waals surface area (Å²) in [6.07, 6.45) is 7.87.